The van der Waals surface area contributed by atoms with E-state index in [0.717, 1.165) is 24.3 Å². The third kappa shape index (κ3) is 3.70. The minimum atomic E-state index is -4.45. The van der Waals surface area contributed by atoms with Crippen molar-refractivity contribution >= 4 is 68.2 Å². The van der Waals surface area contributed by atoms with Crippen LogP contribution >= 0.6 is 46.4 Å². The van der Waals surface area contributed by atoms with Gasteiger partial charge in [-0.1, -0.05) is 46.4 Å². The molecule has 2 aromatic rings. The number of hydrogen-bond donors (Lipinski definition) is 2. The van der Waals surface area contributed by atoms with Crippen molar-refractivity contribution in [3.8, 4) is 0 Å². The number of hydrogen-bond acceptors (Lipinski definition) is 4. The Balaban J connectivity index is 2.80. The quantitative estimate of drug-likeness (QED) is 0.718. The van der Waals surface area contributed by atoms with Crippen LogP contribution < -0.4 is 0 Å². The number of rotatable bonds is 4. The number of halogens is 4. The summed E-state index contributed by atoms with van der Waals surface area (Å²) in [5.74, 6) is -2.93. The van der Waals surface area contributed by atoms with Crippen molar-refractivity contribution in [2.45, 2.75) is 9.79 Å². The maximum Gasteiger partial charge on any atom is 0.337 e. The summed E-state index contributed by atoms with van der Waals surface area (Å²) in [6, 6.07) is 3.46. The normalized spacial score (nSPS) is 11.4. The first-order valence-electron chi connectivity index (χ1n) is 6.16. The second kappa shape index (κ2) is 7.01. The molecule has 0 aromatic heterocycles. The van der Waals surface area contributed by atoms with Gasteiger partial charge in [0.15, 0.2) is 0 Å². The van der Waals surface area contributed by atoms with Gasteiger partial charge in [0.2, 0.25) is 9.84 Å². The number of sulfone groups is 1. The predicted molar refractivity (Wildman–Crippen MR) is 92.3 cm³/mol. The average molecular weight is 444 g/mol. The molecular weight excluding hydrogens is 438 g/mol. The van der Waals surface area contributed by atoms with Crippen LogP contribution in [0.15, 0.2) is 34.1 Å². The summed E-state index contributed by atoms with van der Waals surface area (Å²) in [5.41, 5.74) is -0.985. The van der Waals surface area contributed by atoms with Crippen LogP contribution in [-0.4, -0.2) is 30.6 Å². The monoisotopic (exact) mass is 442 g/mol. The Kier molecular flexibility index (Phi) is 5.56. The molecule has 0 fully saturated rings. The van der Waals surface area contributed by atoms with Gasteiger partial charge in [0.1, 0.15) is 0 Å². The number of benzene rings is 2. The first-order chi connectivity index (χ1) is 11.5. The van der Waals surface area contributed by atoms with Crippen LogP contribution in [0.3, 0.4) is 0 Å². The fraction of sp³-hybridized carbons (Fsp3) is 0. The first kappa shape index (κ1) is 19.8. The molecule has 0 aliphatic heterocycles. The summed E-state index contributed by atoms with van der Waals surface area (Å²) in [5, 5.41) is 16.9. The molecule has 0 heterocycles. The van der Waals surface area contributed by atoms with E-state index in [-0.39, 0.29) is 20.1 Å². The maximum absolute atomic E-state index is 12.8. The summed E-state index contributed by atoms with van der Waals surface area (Å²) in [6.45, 7) is 0. The highest BCUT2D eigenvalue weighted by molar-refractivity contribution is 7.91. The van der Waals surface area contributed by atoms with Crippen molar-refractivity contribution in [2.75, 3.05) is 0 Å². The van der Waals surface area contributed by atoms with Gasteiger partial charge in [-0.2, -0.15) is 0 Å². The maximum atomic E-state index is 12.8. The largest absolute Gasteiger partial charge is 0.478 e. The van der Waals surface area contributed by atoms with Crippen LogP contribution in [0.25, 0.3) is 0 Å². The number of aromatic carboxylic acids is 2. The summed E-state index contributed by atoms with van der Waals surface area (Å²) in [6.07, 6.45) is 0. The Labute approximate surface area is 161 Å². The van der Waals surface area contributed by atoms with Gasteiger partial charge in [-0.3, -0.25) is 0 Å². The van der Waals surface area contributed by atoms with Gasteiger partial charge in [0.05, 0.1) is 41.0 Å². The standard InChI is InChI=1S/C14H6Cl4O6S/c15-7-3-9(17)11(1-5(7)13(19)20)25(23,24)12-2-6(14(21)22)8(16)4-10(12)18/h1-4H,(H,19,20)(H,21,22). The number of carboxylic acids is 2. The van der Waals surface area contributed by atoms with Crippen molar-refractivity contribution < 1.29 is 28.2 Å². The van der Waals surface area contributed by atoms with Gasteiger partial charge in [0, 0.05) is 0 Å². The molecule has 11 heteroatoms. The molecular formula is C14H6Cl4O6S. The van der Waals surface area contributed by atoms with E-state index in [1.54, 1.807) is 0 Å². The van der Waals surface area contributed by atoms with Gasteiger partial charge in [-0.25, -0.2) is 18.0 Å². The molecule has 2 rings (SSSR count). The molecule has 0 spiro atoms. The van der Waals surface area contributed by atoms with E-state index in [1.165, 1.54) is 0 Å². The van der Waals surface area contributed by atoms with E-state index < -0.39 is 42.7 Å². The molecule has 0 saturated carbocycles. The zero-order valence-corrected chi connectivity index (χ0v) is 15.6. The molecule has 6 nitrogen and oxygen atoms in total. The van der Waals surface area contributed by atoms with Gasteiger partial charge in [-0.05, 0) is 24.3 Å². The SMILES string of the molecule is O=C(O)c1cc(S(=O)(=O)c2cc(C(=O)O)c(Cl)cc2Cl)c(Cl)cc1Cl. The van der Waals surface area contributed by atoms with E-state index >= 15 is 0 Å². The Morgan fingerprint density at radius 1 is 0.680 bits per heavy atom. The highest BCUT2D eigenvalue weighted by atomic mass is 35.5. The number of carbonyl (C=O) groups is 2. The lowest BCUT2D eigenvalue weighted by molar-refractivity contribution is 0.0686. The highest BCUT2D eigenvalue weighted by Crippen LogP contribution is 2.37. The van der Waals surface area contributed by atoms with Crippen LogP contribution in [0.2, 0.25) is 20.1 Å². The molecule has 132 valence electrons. The molecule has 0 saturated heterocycles. The van der Waals surface area contributed by atoms with E-state index in [9.17, 15) is 18.0 Å². The second-order valence-electron chi connectivity index (χ2n) is 4.64. The van der Waals surface area contributed by atoms with Gasteiger partial charge >= 0.3 is 11.9 Å². The molecule has 25 heavy (non-hydrogen) atoms. The van der Waals surface area contributed by atoms with Gasteiger partial charge in [0.25, 0.3) is 0 Å². The first-order valence-corrected chi connectivity index (χ1v) is 9.16. The Morgan fingerprint density at radius 3 is 1.28 bits per heavy atom. The smallest absolute Gasteiger partial charge is 0.337 e. The third-order valence-corrected chi connectivity index (χ3v) is 6.39. The lowest BCUT2D eigenvalue weighted by atomic mass is 10.2. The Bertz CT molecular complexity index is 941. The van der Waals surface area contributed by atoms with Crippen LogP contribution in [0.1, 0.15) is 20.7 Å². The van der Waals surface area contributed by atoms with E-state index in [0.29, 0.717) is 0 Å². The molecule has 0 amide bonds. The van der Waals surface area contributed by atoms with Gasteiger partial charge < -0.3 is 10.2 Å². The summed E-state index contributed by atoms with van der Waals surface area (Å²) >= 11 is 23.2. The Hall–Kier alpha value is -1.51. The van der Waals surface area contributed by atoms with E-state index in [4.69, 9.17) is 56.6 Å². The van der Waals surface area contributed by atoms with Crippen LogP contribution in [0.5, 0.6) is 0 Å². The zero-order chi connectivity index (χ0) is 19.1. The minimum absolute atomic E-state index is 0.259. The minimum Gasteiger partial charge on any atom is -0.478 e. The average Bonchev–Trinajstić information content (AvgIpc) is 2.45. The molecule has 2 N–H and O–H groups in total. The second-order valence-corrected chi connectivity index (χ2v) is 8.15. The van der Waals surface area contributed by atoms with E-state index in [1.807, 2.05) is 0 Å². The van der Waals surface area contributed by atoms with Crippen LogP contribution in [0.4, 0.5) is 0 Å². The number of carboxylic acid groups (broad SMARTS) is 2. The topological polar surface area (TPSA) is 109 Å². The molecule has 0 atom stereocenters. The molecule has 0 unspecified atom stereocenters. The zero-order valence-electron chi connectivity index (χ0n) is 11.8. The predicted octanol–water partition coefficient (Wildman–Crippen LogP) is 4.53. The highest BCUT2D eigenvalue weighted by Gasteiger charge is 2.28. The third-order valence-electron chi connectivity index (χ3n) is 3.08. The molecule has 2 aromatic carbocycles. The van der Waals surface area contributed by atoms with Crippen molar-refractivity contribution in [3.63, 3.8) is 0 Å². The molecule has 0 aliphatic carbocycles. The summed E-state index contributed by atoms with van der Waals surface area (Å²) in [4.78, 5) is 21.1. The fourth-order valence-corrected chi connectivity index (χ4v) is 4.87. The molecule has 0 aliphatic rings. The fourth-order valence-electron chi connectivity index (χ4n) is 1.92. The van der Waals surface area contributed by atoms with Crippen LogP contribution in [0, 0.1) is 0 Å². The van der Waals surface area contributed by atoms with E-state index in [2.05, 4.69) is 0 Å². The lowest BCUT2D eigenvalue weighted by Gasteiger charge is -2.12. The molecule has 0 radical (unpaired) electrons. The summed E-state index contributed by atoms with van der Waals surface area (Å²) in [7, 11) is -4.45. The van der Waals surface area contributed by atoms with Crippen molar-refractivity contribution in [2.24, 2.45) is 0 Å². The van der Waals surface area contributed by atoms with Crippen LogP contribution in [-0.2, 0) is 9.84 Å². The van der Waals surface area contributed by atoms with Gasteiger partial charge in [-0.15, -0.1) is 0 Å². The van der Waals surface area contributed by atoms with Crippen molar-refractivity contribution in [3.05, 3.63) is 55.5 Å². The lowest BCUT2D eigenvalue weighted by Crippen LogP contribution is -2.09. The summed E-state index contributed by atoms with van der Waals surface area (Å²) < 4.78 is 25.6. The molecule has 0 bridgehead atoms. The van der Waals surface area contributed by atoms with Crippen molar-refractivity contribution in [1.29, 1.82) is 0 Å². The van der Waals surface area contributed by atoms with Crippen molar-refractivity contribution in [1.82, 2.24) is 0 Å². The Morgan fingerprint density at radius 2 is 1.00 bits per heavy atom.